The number of benzene rings is 7. The van der Waals surface area contributed by atoms with Crippen LogP contribution in [0.1, 0.15) is 0 Å². The van der Waals surface area contributed by atoms with E-state index in [-0.39, 0.29) is 0 Å². The lowest BCUT2D eigenvalue weighted by atomic mass is 9.98. The van der Waals surface area contributed by atoms with Gasteiger partial charge in [-0.25, -0.2) is 0 Å². The van der Waals surface area contributed by atoms with Gasteiger partial charge in [0.15, 0.2) is 0 Å². The summed E-state index contributed by atoms with van der Waals surface area (Å²) < 4.78 is 2.40. The van der Waals surface area contributed by atoms with Crippen LogP contribution < -0.4 is 0 Å². The van der Waals surface area contributed by atoms with E-state index in [1.807, 2.05) is 0 Å². The summed E-state index contributed by atoms with van der Waals surface area (Å²) in [6, 6.07) is 59.2. The summed E-state index contributed by atoms with van der Waals surface area (Å²) in [5.74, 6) is 0. The molecule has 41 heavy (non-hydrogen) atoms. The Balaban J connectivity index is 1.32. The van der Waals surface area contributed by atoms with Gasteiger partial charge in [0.1, 0.15) is 0 Å². The first-order chi connectivity index (χ1) is 20.3. The molecule has 0 spiro atoms. The number of aromatic nitrogens is 1. The van der Waals surface area contributed by atoms with Crippen molar-refractivity contribution in [1.82, 2.24) is 4.57 Å². The highest BCUT2D eigenvalue weighted by molar-refractivity contribution is 6.11. The average molecular weight is 522 g/mol. The van der Waals surface area contributed by atoms with E-state index in [1.165, 1.54) is 66.0 Å². The van der Waals surface area contributed by atoms with Crippen LogP contribution in [0.15, 0.2) is 164 Å². The van der Waals surface area contributed by atoms with Gasteiger partial charge in [-0.1, -0.05) is 127 Å². The van der Waals surface area contributed by atoms with Crippen LogP contribution >= 0.6 is 0 Å². The van der Waals surface area contributed by atoms with Gasteiger partial charge in [0.05, 0.1) is 11.0 Å². The maximum atomic E-state index is 2.40. The molecule has 0 fully saturated rings. The molecule has 0 aliphatic rings. The molecule has 0 aliphatic heterocycles. The van der Waals surface area contributed by atoms with E-state index in [4.69, 9.17) is 0 Å². The van der Waals surface area contributed by atoms with Crippen LogP contribution in [0.4, 0.5) is 0 Å². The molecule has 8 aromatic rings. The molecule has 0 unspecified atom stereocenters. The minimum Gasteiger partial charge on any atom is -0.309 e. The van der Waals surface area contributed by atoms with Crippen LogP contribution in [-0.2, 0) is 0 Å². The molecule has 1 nitrogen and oxygen atoms in total. The predicted octanol–water partition coefficient (Wildman–Crippen LogP) is 10.9. The number of rotatable bonds is 4. The van der Waals surface area contributed by atoms with Crippen molar-refractivity contribution in [2.24, 2.45) is 0 Å². The van der Waals surface area contributed by atoms with Gasteiger partial charge in [0, 0.05) is 16.5 Å². The Morgan fingerprint density at radius 2 is 0.829 bits per heavy atom. The lowest BCUT2D eigenvalue weighted by Gasteiger charge is -2.11. The van der Waals surface area contributed by atoms with Gasteiger partial charge in [-0.05, 0) is 80.6 Å². The fourth-order valence-corrected chi connectivity index (χ4v) is 6.19. The average Bonchev–Trinajstić information content (AvgIpc) is 3.38. The molecule has 7 aromatic carbocycles. The van der Waals surface area contributed by atoms with Crippen molar-refractivity contribution < 1.29 is 0 Å². The highest BCUT2D eigenvalue weighted by atomic mass is 15.0. The van der Waals surface area contributed by atoms with E-state index < -0.39 is 0 Å². The largest absolute Gasteiger partial charge is 0.309 e. The second-order valence-electron chi connectivity index (χ2n) is 10.6. The lowest BCUT2D eigenvalue weighted by molar-refractivity contribution is 1.18. The predicted molar refractivity (Wildman–Crippen MR) is 175 cm³/mol. The topological polar surface area (TPSA) is 4.93 Å². The molecule has 0 saturated heterocycles. The van der Waals surface area contributed by atoms with E-state index in [1.54, 1.807) is 0 Å². The maximum absolute atomic E-state index is 2.40. The van der Waals surface area contributed by atoms with E-state index in [0.717, 1.165) is 5.69 Å². The Morgan fingerprint density at radius 3 is 1.44 bits per heavy atom. The van der Waals surface area contributed by atoms with Crippen molar-refractivity contribution in [3.05, 3.63) is 164 Å². The van der Waals surface area contributed by atoms with E-state index >= 15 is 0 Å². The van der Waals surface area contributed by atoms with Crippen LogP contribution in [0.25, 0.3) is 71.6 Å². The minimum atomic E-state index is 1.16. The smallest absolute Gasteiger partial charge is 0.0541 e. The summed E-state index contributed by atoms with van der Waals surface area (Å²) in [5.41, 5.74) is 11.0. The second kappa shape index (κ2) is 9.66. The van der Waals surface area contributed by atoms with Gasteiger partial charge in [-0.2, -0.15) is 0 Å². The highest BCUT2D eigenvalue weighted by Crippen LogP contribution is 2.38. The number of fused-ring (bicyclic) bond motifs is 4. The zero-order chi connectivity index (χ0) is 27.2. The molecule has 0 bridgehead atoms. The van der Waals surface area contributed by atoms with E-state index in [0.29, 0.717) is 0 Å². The molecule has 0 radical (unpaired) electrons. The zero-order valence-corrected chi connectivity index (χ0v) is 22.5. The van der Waals surface area contributed by atoms with Crippen molar-refractivity contribution in [2.45, 2.75) is 0 Å². The Morgan fingerprint density at radius 1 is 0.317 bits per heavy atom. The first kappa shape index (κ1) is 23.5. The fourth-order valence-electron chi connectivity index (χ4n) is 6.19. The van der Waals surface area contributed by atoms with E-state index in [2.05, 4.69) is 168 Å². The molecule has 1 heterocycles. The summed E-state index contributed by atoms with van der Waals surface area (Å²) >= 11 is 0. The third-order valence-electron chi connectivity index (χ3n) is 8.21. The molecule has 1 heteroatoms. The molecule has 0 N–H and O–H groups in total. The lowest BCUT2D eigenvalue weighted by Crippen LogP contribution is -1.94. The molecule has 0 amide bonds. The normalized spacial score (nSPS) is 11.4. The van der Waals surface area contributed by atoms with Crippen LogP contribution in [-0.4, -0.2) is 4.57 Å². The monoisotopic (exact) mass is 521 g/mol. The van der Waals surface area contributed by atoms with Crippen molar-refractivity contribution in [1.29, 1.82) is 0 Å². The Labute approximate surface area is 239 Å². The van der Waals surface area contributed by atoms with E-state index in [9.17, 15) is 0 Å². The Hall–Kier alpha value is -5.40. The van der Waals surface area contributed by atoms with Crippen LogP contribution in [0.2, 0.25) is 0 Å². The summed E-state index contributed by atoms with van der Waals surface area (Å²) in [6.45, 7) is 0. The number of hydrogen-bond donors (Lipinski definition) is 0. The fraction of sp³-hybridized carbons (Fsp3) is 0. The van der Waals surface area contributed by atoms with Crippen molar-refractivity contribution in [3.63, 3.8) is 0 Å². The Bertz CT molecular complexity index is 2070. The standard InChI is InChI=1S/C40H27N/c1-3-10-28(11-4-1)32-20-24-39-37(26-32)38-27-33(29-12-5-2-6-13-29)21-25-40(38)41(39)34-22-18-31(19-23-34)36-17-9-15-30-14-7-8-16-35(30)36/h1-27H. The quantitative estimate of drug-likeness (QED) is 0.217. The molecular formula is C40H27N. The molecule has 0 aliphatic carbocycles. The number of hydrogen-bond acceptors (Lipinski definition) is 0. The third kappa shape index (κ3) is 4.02. The summed E-state index contributed by atoms with van der Waals surface area (Å²) in [5, 5.41) is 5.07. The van der Waals surface area contributed by atoms with Crippen molar-refractivity contribution >= 4 is 32.6 Å². The Kier molecular flexibility index (Phi) is 5.53. The summed E-state index contributed by atoms with van der Waals surface area (Å²) in [4.78, 5) is 0. The summed E-state index contributed by atoms with van der Waals surface area (Å²) in [7, 11) is 0. The SMILES string of the molecule is c1ccc(-c2ccc3c(c2)c2cc(-c4ccccc4)ccc2n3-c2ccc(-c3cccc4ccccc34)cc2)cc1. The maximum Gasteiger partial charge on any atom is 0.0541 e. The molecule has 1 aromatic heterocycles. The van der Waals surface area contributed by atoms with Gasteiger partial charge in [0.2, 0.25) is 0 Å². The van der Waals surface area contributed by atoms with Crippen LogP contribution in [0.3, 0.4) is 0 Å². The molecule has 8 rings (SSSR count). The molecule has 0 atom stereocenters. The van der Waals surface area contributed by atoms with Gasteiger partial charge in [0.25, 0.3) is 0 Å². The molecular weight excluding hydrogens is 494 g/mol. The summed E-state index contributed by atoms with van der Waals surface area (Å²) in [6.07, 6.45) is 0. The first-order valence-electron chi connectivity index (χ1n) is 14.1. The third-order valence-corrected chi connectivity index (χ3v) is 8.21. The van der Waals surface area contributed by atoms with Gasteiger partial charge in [-0.3, -0.25) is 0 Å². The second-order valence-corrected chi connectivity index (χ2v) is 10.6. The zero-order valence-electron chi connectivity index (χ0n) is 22.5. The molecule has 0 saturated carbocycles. The van der Waals surface area contributed by atoms with Crippen LogP contribution in [0.5, 0.6) is 0 Å². The number of nitrogens with zero attached hydrogens (tertiary/aromatic N) is 1. The van der Waals surface area contributed by atoms with Gasteiger partial charge < -0.3 is 4.57 Å². The molecule has 192 valence electrons. The van der Waals surface area contributed by atoms with Gasteiger partial charge in [-0.15, -0.1) is 0 Å². The van der Waals surface area contributed by atoms with Crippen molar-refractivity contribution in [2.75, 3.05) is 0 Å². The van der Waals surface area contributed by atoms with Crippen molar-refractivity contribution in [3.8, 4) is 39.1 Å². The minimum absolute atomic E-state index is 1.16. The highest BCUT2D eigenvalue weighted by Gasteiger charge is 2.15. The first-order valence-corrected chi connectivity index (χ1v) is 14.1. The van der Waals surface area contributed by atoms with Gasteiger partial charge >= 0.3 is 0 Å². The van der Waals surface area contributed by atoms with Crippen LogP contribution in [0, 0.1) is 0 Å².